The topological polar surface area (TPSA) is 66.0 Å². The highest BCUT2D eigenvalue weighted by atomic mass is 16.5. The molecule has 0 aliphatic carbocycles. The third-order valence-electron chi connectivity index (χ3n) is 4.20. The molecular weight excluding hydrogens is 280 g/mol. The van der Waals surface area contributed by atoms with Crippen LogP contribution < -0.4 is 10.6 Å². The van der Waals surface area contributed by atoms with E-state index >= 15 is 0 Å². The zero-order valence-electron chi connectivity index (χ0n) is 13.7. The van der Waals surface area contributed by atoms with Gasteiger partial charge in [-0.15, -0.1) is 0 Å². The Labute approximate surface area is 133 Å². The Balaban J connectivity index is 1.69. The average molecular weight is 308 g/mol. The molecular formula is C16H28N4O2. The lowest BCUT2D eigenvalue weighted by Gasteiger charge is -2.19. The van der Waals surface area contributed by atoms with Crippen molar-refractivity contribution in [3.8, 4) is 0 Å². The molecule has 1 saturated heterocycles. The van der Waals surface area contributed by atoms with Crippen molar-refractivity contribution in [2.45, 2.75) is 38.6 Å². The Bertz CT molecular complexity index is 434. The van der Waals surface area contributed by atoms with Crippen molar-refractivity contribution in [1.29, 1.82) is 0 Å². The van der Waals surface area contributed by atoms with Gasteiger partial charge >= 0.3 is 0 Å². The first kappa shape index (κ1) is 16.8. The Morgan fingerprint density at radius 1 is 1.55 bits per heavy atom. The van der Waals surface area contributed by atoms with Gasteiger partial charge < -0.3 is 20.3 Å². The second-order valence-electron chi connectivity index (χ2n) is 5.76. The molecule has 6 heteroatoms. The predicted octanol–water partition coefficient (Wildman–Crippen LogP) is 0.899. The van der Waals surface area contributed by atoms with Crippen molar-refractivity contribution < 1.29 is 9.53 Å². The summed E-state index contributed by atoms with van der Waals surface area (Å²) >= 11 is 0. The smallest absolute Gasteiger partial charge is 0.222 e. The summed E-state index contributed by atoms with van der Waals surface area (Å²) in [5.41, 5.74) is 1.45. The minimum Gasteiger partial charge on any atom is -0.377 e. The number of hydrogen-bond acceptors (Lipinski definition) is 3. The van der Waals surface area contributed by atoms with Gasteiger partial charge in [-0.1, -0.05) is 18.6 Å². The van der Waals surface area contributed by atoms with Crippen molar-refractivity contribution in [3.63, 3.8) is 0 Å². The summed E-state index contributed by atoms with van der Waals surface area (Å²) in [6, 6.07) is 0.295. The zero-order chi connectivity index (χ0) is 15.8. The molecule has 2 aliphatic rings. The van der Waals surface area contributed by atoms with Crippen LogP contribution in [0.25, 0.3) is 0 Å². The first-order chi connectivity index (χ1) is 10.7. The maximum atomic E-state index is 11.7. The van der Waals surface area contributed by atoms with E-state index < -0.39 is 0 Å². The molecule has 2 rings (SSSR count). The molecule has 22 heavy (non-hydrogen) atoms. The first-order valence-electron chi connectivity index (χ1n) is 8.23. The Hall–Kier alpha value is -1.56. The van der Waals surface area contributed by atoms with Crippen molar-refractivity contribution in [1.82, 2.24) is 15.5 Å². The zero-order valence-corrected chi connectivity index (χ0v) is 13.7. The highest BCUT2D eigenvalue weighted by Crippen LogP contribution is 2.11. The highest BCUT2D eigenvalue weighted by molar-refractivity contribution is 5.80. The Morgan fingerprint density at radius 3 is 3.09 bits per heavy atom. The number of hydrogen-bond donors (Lipinski definition) is 2. The van der Waals surface area contributed by atoms with Crippen LogP contribution in [0, 0.1) is 0 Å². The van der Waals surface area contributed by atoms with Crippen molar-refractivity contribution in [3.05, 3.63) is 11.6 Å². The van der Waals surface area contributed by atoms with Crippen LogP contribution in [0.15, 0.2) is 16.6 Å². The normalized spacial score (nSPS) is 22.5. The molecule has 6 nitrogen and oxygen atoms in total. The van der Waals surface area contributed by atoms with Crippen molar-refractivity contribution in [2.24, 2.45) is 4.99 Å². The Morgan fingerprint density at radius 2 is 2.41 bits per heavy atom. The van der Waals surface area contributed by atoms with E-state index in [9.17, 15) is 4.79 Å². The van der Waals surface area contributed by atoms with Gasteiger partial charge in [0.15, 0.2) is 5.96 Å². The number of aliphatic imine (C=N–C) groups is 1. The van der Waals surface area contributed by atoms with Crippen molar-refractivity contribution >= 4 is 11.9 Å². The fraction of sp³-hybridized carbons (Fsp3) is 0.750. The summed E-state index contributed by atoms with van der Waals surface area (Å²) in [5.74, 6) is 1.06. The molecule has 0 saturated carbocycles. The van der Waals surface area contributed by atoms with Gasteiger partial charge in [0.2, 0.25) is 5.91 Å². The van der Waals surface area contributed by atoms with Gasteiger partial charge in [0.25, 0.3) is 0 Å². The van der Waals surface area contributed by atoms with Crippen LogP contribution >= 0.6 is 0 Å². The molecule has 124 valence electrons. The van der Waals surface area contributed by atoms with E-state index in [4.69, 9.17) is 4.74 Å². The van der Waals surface area contributed by atoms with Gasteiger partial charge in [0.05, 0.1) is 13.2 Å². The molecule has 1 amide bonds. The maximum Gasteiger partial charge on any atom is 0.222 e. The quantitative estimate of drug-likeness (QED) is 0.450. The van der Waals surface area contributed by atoms with Crippen LogP contribution in [0.4, 0.5) is 0 Å². The van der Waals surface area contributed by atoms with E-state index in [-0.39, 0.29) is 5.91 Å². The molecule has 2 aliphatic heterocycles. The van der Waals surface area contributed by atoms with Crippen LogP contribution in [0.5, 0.6) is 0 Å². The number of amides is 1. The summed E-state index contributed by atoms with van der Waals surface area (Å²) in [5, 5.41) is 6.77. The highest BCUT2D eigenvalue weighted by Gasteiger charge is 2.25. The molecule has 1 unspecified atom stereocenters. The summed E-state index contributed by atoms with van der Waals surface area (Å²) in [4.78, 5) is 17.9. The molecule has 1 atom stereocenters. The van der Waals surface area contributed by atoms with Crippen LogP contribution in [0.2, 0.25) is 0 Å². The summed E-state index contributed by atoms with van der Waals surface area (Å²) in [7, 11) is 1.78. The summed E-state index contributed by atoms with van der Waals surface area (Å²) < 4.78 is 5.31. The van der Waals surface area contributed by atoms with Crippen LogP contribution in [-0.2, 0) is 9.53 Å². The molecule has 2 N–H and O–H groups in total. The van der Waals surface area contributed by atoms with Crippen molar-refractivity contribution in [2.75, 3.05) is 39.9 Å². The van der Waals surface area contributed by atoms with Gasteiger partial charge in [-0.25, -0.2) is 0 Å². The summed E-state index contributed by atoms with van der Waals surface area (Å²) in [6.45, 7) is 5.97. The van der Waals surface area contributed by atoms with E-state index in [1.807, 2.05) is 11.8 Å². The molecule has 0 spiro atoms. The van der Waals surface area contributed by atoms with Gasteiger partial charge in [-0.2, -0.15) is 0 Å². The number of nitrogens with zero attached hydrogens (tertiary/aromatic N) is 2. The molecule has 0 aromatic rings. The largest absolute Gasteiger partial charge is 0.377 e. The lowest BCUT2D eigenvalue weighted by molar-refractivity contribution is -0.129. The molecule has 2 heterocycles. The van der Waals surface area contributed by atoms with Gasteiger partial charge in [0, 0.05) is 39.1 Å². The third-order valence-corrected chi connectivity index (χ3v) is 4.20. The summed E-state index contributed by atoms with van der Waals surface area (Å²) in [6.07, 6.45) is 5.79. The molecule has 0 radical (unpaired) electrons. The minimum atomic E-state index is 0.235. The third kappa shape index (κ3) is 5.02. The Kier molecular flexibility index (Phi) is 6.71. The fourth-order valence-electron chi connectivity index (χ4n) is 2.85. The lowest BCUT2D eigenvalue weighted by atomic mass is 10.1. The number of carbonyl (C=O) groups is 1. The number of carbonyl (C=O) groups excluding carboxylic acids is 1. The first-order valence-corrected chi connectivity index (χ1v) is 8.23. The number of ether oxygens (including phenoxy) is 1. The lowest BCUT2D eigenvalue weighted by Crippen LogP contribution is -2.45. The fourth-order valence-corrected chi connectivity index (χ4v) is 2.85. The molecule has 0 aromatic carbocycles. The number of rotatable bonds is 5. The minimum absolute atomic E-state index is 0.235. The van der Waals surface area contributed by atoms with Crippen LogP contribution in [-0.4, -0.2) is 62.7 Å². The van der Waals surface area contributed by atoms with Crippen LogP contribution in [0.1, 0.15) is 32.6 Å². The average Bonchev–Trinajstić information content (AvgIpc) is 3.02. The number of nitrogens with one attached hydrogen (secondary N) is 2. The van der Waals surface area contributed by atoms with Gasteiger partial charge in [-0.3, -0.25) is 9.79 Å². The van der Waals surface area contributed by atoms with E-state index in [2.05, 4.69) is 21.7 Å². The van der Waals surface area contributed by atoms with E-state index in [1.54, 1.807) is 7.05 Å². The van der Waals surface area contributed by atoms with Gasteiger partial charge in [-0.05, 0) is 19.3 Å². The monoisotopic (exact) mass is 308 g/mol. The van der Waals surface area contributed by atoms with E-state index in [0.29, 0.717) is 12.5 Å². The second kappa shape index (κ2) is 8.78. The van der Waals surface area contributed by atoms with E-state index in [1.165, 1.54) is 5.57 Å². The number of likely N-dealkylation sites (tertiary alicyclic amines) is 1. The standard InChI is InChI=1S/C16H28N4O2/c1-3-15(21)20-9-5-14(12-20)19-16(17-2)18-8-4-13-6-10-22-11-7-13/h6,14H,3-5,7-12H2,1-2H3,(H2,17,18,19). The maximum absolute atomic E-state index is 11.7. The van der Waals surface area contributed by atoms with Gasteiger partial charge in [0.1, 0.15) is 0 Å². The predicted molar refractivity (Wildman–Crippen MR) is 87.9 cm³/mol. The number of guanidine groups is 1. The molecule has 0 bridgehead atoms. The molecule has 0 aromatic heterocycles. The van der Waals surface area contributed by atoms with E-state index in [0.717, 1.165) is 58.1 Å². The SMILES string of the molecule is CCC(=O)N1CCC(NC(=NC)NCCC2=CCOCC2)C1. The van der Waals surface area contributed by atoms with Crippen LogP contribution in [0.3, 0.4) is 0 Å². The second-order valence-corrected chi connectivity index (χ2v) is 5.76. The molecule has 1 fully saturated rings.